The molecule has 100 valence electrons. The van der Waals surface area contributed by atoms with E-state index < -0.39 is 17.7 Å². The van der Waals surface area contributed by atoms with Crippen LogP contribution in [0.5, 0.6) is 0 Å². The van der Waals surface area contributed by atoms with Crippen molar-refractivity contribution in [1.82, 2.24) is 0 Å². The van der Waals surface area contributed by atoms with Crippen molar-refractivity contribution in [3.63, 3.8) is 0 Å². The molecule has 0 bridgehead atoms. The van der Waals surface area contributed by atoms with E-state index in [1.165, 1.54) is 12.1 Å². The fraction of sp³-hybridized carbons (Fsp3) is 0.250. The first kappa shape index (κ1) is 13.7. The summed E-state index contributed by atoms with van der Waals surface area (Å²) in [5.74, 6) is -1.70. The number of rotatable bonds is 3. The molecule has 0 radical (unpaired) electrons. The lowest BCUT2D eigenvalue weighted by atomic mass is 9.95. The van der Waals surface area contributed by atoms with Crippen LogP contribution in [0.25, 0.3) is 0 Å². The van der Waals surface area contributed by atoms with Gasteiger partial charge in [-0.2, -0.15) is 0 Å². The van der Waals surface area contributed by atoms with Gasteiger partial charge in [0.2, 0.25) is 0 Å². The zero-order valence-corrected chi connectivity index (χ0v) is 11.1. The molecule has 0 aliphatic carbocycles. The summed E-state index contributed by atoms with van der Waals surface area (Å²) >= 11 is 0. The normalized spacial score (nSPS) is 12.5. The Hall–Kier alpha value is -1.74. The molecule has 0 amide bonds. The molecular weight excluding hydrogens is 244 g/mol. The van der Waals surface area contributed by atoms with Gasteiger partial charge in [0, 0.05) is 11.6 Å². The fourth-order valence-corrected chi connectivity index (χ4v) is 2.17. The highest BCUT2D eigenvalue weighted by Gasteiger charge is 2.15. The van der Waals surface area contributed by atoms with Crippen LogP contribution in [0.1, 0.15) is 28.3 Å². The minimum absolute atomic E-state index is 0.223. The van der Waals surface area contributed by atoms with E-state index in [2.05, 4.69) is 0 Å². The standard InChI is InChI=1S/C16H17F2N/c1-10-6-7-11(2)12(8-10)9-15(19)13-4-3-5-14(17)16(13)18/h3-8,15H,9,19H2,1-2H3. The molecule has 0 saturated heterocycles. The van der Waals surface area contributed by atoms with Gasteiger partial charge in [-0.05, 0) is 37.5 Å². The first-order chi connectivity index (χ1) is 8.99. The molecule has 0 spiro atoms. The second kappa shape index (κ2) is 5.49. The van der Waals surface area contributed by atoms with Gasteiger partial charge in [-0.25, -0.2) is 8.78 Å². The number of nitrogens with two attached hydrogens (primary N) is 1. The Labute approximate surface area is 112 Å². The first-order valence-corrected chi connectivity index (χ1v) is 6.24. The molecular formula is C16H17F2N. The summed E-state index contributed by atoms with van der Waals surface area (Å²) in [5.41, 5.74) is 9.54. The highest BCUT2D eigenvalue weighted by Crippen LogP contribution is 2.23. The highest BCUT2D eigenvalue weighted by molar-refractivity contribution is 5.33. The summed E-state index contributed by atoms with van der Waals surface area (Å²) in [4.78, 5) is 0. The lowest BCUT2D eigenvalue weighted by Crippen LogP contribution is -2.16. The maximum Gasteiger partial charge on any atom is 0.163 e. The Bertz CT molecular complexity index is 593. The number of aryl methyl sites for hydroxylation is 2. The molecule has 0 heterocycles. The minimum atomic E-state index is -0.853. The fourth-order valence-electron chi connectivity index (χ4n) is 2.17. The van der Waals surface area contributed by atoms with Gasteiger partial charge in [-0.3, -0.25) is 0 Å². The van der Waals surface area contributed by atoms with Crippen LogP contribution in [0, 0.1) is 25.5 Å². The van der Waals surface area contributed by atoms with E-state index in [9.17, 15) is 8.78 Å². The second-order valence-electron chi connectivity index (χ2n) is 4.88. The molecule has 0 aromatic heterocycles. The molecule has 0 aliphatic rings. The molecule has 0 saturated carbocycles. The highest BCUT2D eigenvalue weighted by atomic mass is 19.2. The van der Waals surface area contributed by atoms with Crippen molar-refractivity contribution in [1.29, 1.82) is 0 Å². The molecule has 3 heteroatoms. The van der Waals surface area contributed by atoms with Crippen molar-refractivity contribution in [2.24, 2.45) is 5.73 Å². The quantitative estimate of drug-likeness (QED) is 0.893. The topological polar surface area (TPSA) is 26.0 Å². The SMILES string of the molecule is Cc1ccc(C)c(CC(N)c2cccc(F)c2F)c1. The lowest BCUT2D eigenvalue weighted by Gasteiger charge is -2.15. The van der Waals surface area contributed by atoms with E-state index in [1.54, 1.807) is 0 Å². The third-order valence-corrected chi connectivity index (χ3v) is 3.33. The van der Waals surface area contributed by atoms with Gasteiger partial charge >= 0.3 is 0 Å². The van der Waals surface area contributed by atoms with Crippen LogP contribution in [-0.4, -0.2) is 0 Å². The summed E-state index contributed by atoms with van der Waals surface area (Å²) < 4.78 is 26.9. The molecule has 2 N–H and O–H groups in total. The van der Waals surface area contributed by atoms with E-state index >= 15 is 0 Å². The molecule has 19 heavy (non-hydrogen) atoms. The largest absolute Gasteiger partial charge is 0.324 e. The van der Waals surface area contributed by atoms with Crippen LogP contribution in [0.3, 0.4) is 0 Å². The third-order valence-electron chi connectivity index (χ3n) is 3.33. The monoisotopic (exact) mass is 261 g/mol. The van der Waals surface area contributed by atoms with Crippen molar-refractivity contribution in [3.8, 4) is 0 Å². The molecule has 1 unspecified atom stereocenters. The van der Waals surface area contributed by atoms with Crippen LogP contribution in [0.15, 0.2) is 36.4 Å². The van der Waals surface area contributed by atoms with Crippen molar-refractivity contribution < 1.29 is 8.78 Å². The van der Waals surface area contributed by atoms with Crippen LogP contribution in [-0.2, 0) is 6.42 Å². The zero-order chi connectivity index (χ0) is 14.0. The summed E-state index contributed by atoms with van der Waals surface area (Å²) in [6, 6.07) is 9.64. The van der Waals surface area contributed by atoms with Crippen molar-refractivity contribution in [2.75, 3.05) is 0 Å². The number of benzene rings is 2. The Morgan fingerprint density at radius 3 is 2.58 bits per heavy atom. The minimum Gasteiger partial charge on any atom is -0.324 e. The average molecular weight is 261 g/mol. The van der Waals surface area contributed by atoms with Gasteiger partial charge in [0.1, 0.15) is 0 Å². The van der Waals surface area contributed by atoms with Gasteiger partial charge < -0.3 is 5.73 Å². The number of halogens is 2. The Morgan fingerprint density at radius 2 is 1.84 bits per heavy atom. The lowest BCUT2D eigenvalue weighted by molar-refractivity contribution is 0.488. The molecule has 2 rings (SSSR count). The Morgan fingerprint density at radius 1 is 1.11 bits per heavy atom. The second-order valence-corrected chi connectivity index (χ2v) is 4.88. The van der Waals surface area contributed by atoms with E-state index in [4.69, 9.17) is 5.73 Å². The third kappa shape index (κ3) is 2.99. The van der Waals surface area contributed by atoms with E-state index in [0.717, 1.165) is 22.8 Å². The van der Waals surface area contributed by atoms with Gasteiger partial charge in [0.15, 0.2) is 11.6 Å². The van der Waals surface area contributed by atoms with Crippen molar-refractivity contribution >= 4 is 0 Å². The van der Waals surface area contributed by atoms with Crippen molar-refractivity contribution in [2.45, 2.75) is 26.3 Å². The molecule has 0 aliphatic heterocycles. The zero-order valence-electron chi connectivity index (χ0n) is 11.1. The average Bonchev–Trinajstić information content (AvgIpc) is 2.37. The summed E-state index contributed by atoms with van der Waals surface area (Å²) in [7, 11) is 0. The molecule has 2 aromatic carbocycles. The smallest absolute Gasteiger partial charge is 0.163 e. The Balaban J connectivity index is 2.28. The number of hydrogen-bond acceptors (Lipinski definition) is 1. The number of hydrogen-bond donors (Lipinski definition) is 1. The predicted molar refractivity (Wildman–Crippen MR) is 72.9 cm³/mol. The van der Waals surface area contributed by atoms with Crippen LogP contribution < -0.4 is 5.73 Å². The van der Waals surface area contributed by atoms with Gasteiger partial charge in [0.05, 0.1) is 0 Å². The van der Waals surface area contributed by atoms with Crippen molar-refractivity contribution in [3.05, 3.63) is 70.3 Å². The summed E-state index contributed by atoms with van der Waals surface area (Å²) in [6.07, 6.45) is 0.494. The maximum atomic E-state index is 13.7. The molecule has 0 fully saturated rings. The van der Waals surface area contributed by atoms with E-state index in [0.29, 0.717) is 6.42 Å². The van der Waals surface area contributed by atoms with Gasteiger partial charge in [0.25, 0.3) is 0 Å². The predicted octanol–water partition coefficient (Wildman–Crippen LogP) is 3.82. The molecule has 2 aromatic rings. The van der Waals surface area contributed by atoms with Crippen LogP contribution >= 0.6 is 0 Å². The van der Waals surface area contributed by atoms with E-state index in [-0.39, 0.29) is 5.56 Å². The summed E-state index contributed by atoms with van der Waals surface area (Å²) in [6.45, 7) is 3.99. The summed E-state index contributed by atoms with van der Waals surface area (Å²) in [5, 5.41) is 0. The van der Waals surface area contributed by atoms with E-state index in [1.807, 2.05) is 32.0 Å². The van der Waals surface area contributed by atoms with Gasteiger partial charge in [-0.1, -0.05) is 35.9 Å². The molecule has 1 nitrogen and oxygen atoms in total. The van der Waals surface area contributed by atoms with Crippen LogP contribution in [0.2, 0.25) is 0 Å². The van der Waals surface area contributed by atoms with Crippen LogP contribution in [0.4, 0.5) is 8.78 Å². The molecule has 1 atom stereocenters. The first-order valence-electron chi connectivity index (χ1n) is 6.24. The van der Waals surface area contributed by atoms with Gasteiger partial charge in [-0.15, -0.1) is 0 Å². The maximum absolute atomic E-state index is 13.7. The Kier molecular flexibility index (Phi) is 3.96.